The molecule has 0 aliphatic heterocycles. The van der Waals surface area contributed by atoms with E-state index in [1.165, 1.54) is 5.39 Å². The highest BCUT2D eigenvalue weighted by molar-refractivity contribution is 5.92. The van der Waals surface area contributed by atoms with E-state index in [0.29, 0.717) is 0 Å². The Hall–Kier alpha value is -4.18. The average Bonchev–Trinajstić information content (AvgIpc) is 2.82. The van der Waals surface area contributed by atoms with Gasteiger partial charge in [-0.1, -0.05) is 24.3 Å². The van der Waals surface area contributed by atoms with Gasteiger partial charge in [0.05, 0.1) is 17.2 Å². The van der Waals surface area contributed by atoms with Crippen LogP contribution in [0.1, 0.15) is 0 Å². The molecule has 6 aromatic rings. The summed E-state index contributed by atoms with van der Waals surface area (Å²) in [6.07, 6.45) is 7.38. The van der Waals surface area contributed by atoms with E-state index in [0.717, 1.165) is 49.4 Å². The summed E-state index contributed by atoms with van der Waals surface area (Å²) < 4.78 is 0. The maximum absolute atomic E-state index is 4.69. The molecular weight excluding hydrogens is 368 g/mol. The molecule has 0 atom stereocenters. The van der Waals surface area contributed by atoms with E-state index in [9.17, 15) is 0 Å². The molecule has 0 aliphatic rings. The lowest BCUT2D eigenvalue weighted by atomic mass is 9.99. The van der Waals surface area contributed by atoms with Gasteiger partial charge in [0.25, 0.3) is 0 Å². The summed E-state index contributed by atoms with van der Waals surface area (Å²) >= 11 is 0. The number of nitrogens with zero attached hydrogens (tertiary/aromatic N) is 4. The summed E-state index contributed by atoms with van der Waals surface area (Å²) in [7, 11) is 0. The lowest BCUT2D eigenvalue weighted by Gasteiger charge is -2.08. The number of hydrogen-bond acceptors (Lipinski definition) is 4. The molecule has 140 valence electrons. The Kier molecular flexibility index (Phi) is 3.74. The largest absolute Gasteiger partial charge is 0.264 e. The number of pyridine rings is 2. The summed E-state index contributed by atoms with van der Waals surface area (Å²) in [6.45, 7) is 0. The van der Waals surface area contributed by atoms with E-state index >= 15 is 0 Å². The predicted octanol–water partition coefficient (Wildman–Crippen LogP) is 6.06. The van der Waals surface area contributed by atoms with E-state index in [-0.39, 0.29) is 0 Å². The van der Waals surface area contributed by atoms with Crippen molar-refractivity contribution in [1.29, 1.82) is 0 Å². The highest BCUT2D eigenvalue weighted by atomic mass is 15.1. The van der Waals surface area contributed by atoms with Crippen LogP contribution >= 0.6 is 0 Å². The normalized spacial score (nSPS) is 11.3. The Balaban J connectivity index is 1.46. The summed E-state index contributed by atoms with van der Waals surface area (Å²) in [6, 6.07) is 25.3. The van der Waals surface area contributed by atoms with Crippen molar-refractivity contribution in [2.75, 3.05) is 0 Å². The Labute approximate surface area is 172 Å². The average molecular weight is 384 g/mol. The van der Waals surface area contributed by atoms with Gasteiger partial charge in [-0.3, -0.25) is 9.97 Å². The SMILES string of the molecule is c1cc2cc(-c3cnc4ccc(-c5ccc6nnccc6c5)cc4c3)ccc2cn1. The zero-order valence-corrected chi connectivity index (χ0v) is 16.0. The van der Waals surface area contributed by atoms with Crippen LogP contribution < -0.4 is 0 Å². The minimum atomic E-state index is 0.900. The van der Waals surface area contributed by atoms with Gasteiger partial charge in [0, 0.05) is 40.3 Å². The fraction of sp³-hybridized carbons (Fsp3) is 0. The molecule has 4 nitrogen and oxygen atoms in total. The minimum absolute atomic E-state index is 0.900. The van der Waals surface area contributed by atoms with Crippen LogP contribution in [0.25, 0.3) is 54.8 Å². The molecule has 30 heavy (non-hydrogen) atoms. The lowest BCUT2D eigenvalue weighted by molar-refractivity contribution is 1.08. The monoisotopic (exact) mass is 384 g/mol. The third-order valence-electron chi connectivity index (χ3n) is 5.50. The van der Waals surface area contributed by atoms with E-state index in [4.69, 9.17) is 4.98 Å². The van der Waals surface area contributed by atoms with Gasteiger partial charge < -0.3 is 0 Å². The zero-order chi connectivity index (χ0) is 19.9. The van der Waals surface area contributed by atoms with Gasteiger partial charge in [-0.25, -0.2) is 0 Å². The number of aromatic nitrogens is 4. The minimum Gasteiger partial charge on any atom is -0.264 e. The van der Waals surface area contributed by atoms with Crippen molar-refractivity contribution in [3.8, 4) is 22.3 Å². The van der Waals surface area contributed by atoms with Crippen LogP contribution in [-0.4, -0.2) is 20.2 Å². The first-order valence-corrected chi connectivity index (χ1v) is 9.79. The Morgan fingerprint density at radius 2 is 1.17 bits per heavy atom. The molecule has 3 heterocycles. The summed E-state index contributed by atoms with van der Waals surface area (Å²) in [4.78, 5) is 8.89. The molecule has 6 rings (SSSR count). The standard InChI is InChI=1S/C26H16N4/c1-2-22-15-27-9-7-20(22)11-19(1)24-14-23-13-18(3-5-25(23)28-16-24)17-4-6-26-21(12-17)8-10-29-30-26/h1-16H. The van der Waals surface area contributed by atoms with Crippen molar-refractivity contribution >= 4 is 32.6 Å². The van der Waals surface area contributed by atoms with Gasteiger partial charge in [0.2, 0.25) is 0 Å². The smallest absolute Gasteiger partial charge is 0.0930 e. The van der Waals surface area contributed by atoms with Gasteiger partial charge in [0.1, 0.15) is 0 Å². The van der Waals surface area contributed by atoms with Crippen molar-refractivity contribution in [2.45, 2.75) is 0 Å². The zero-order valence-electron chi connectivity index (χ0n) is 16.0. The molecule has 0 unspecified atom stereocenters. The third kappa shape index (κ3) is 2.86. The van der Waals surface area contributed by atoms with Crippen LogP contribution in [0.2, 0.25) is 0 Å². The molecule has 3 aromatic heterocycles. The van der Waals surface area contributed by atoms with Crippen molar-refractivity contribution in [3.05, 3.63) is 97.6 Å². The molecule has 0 saturated heterocycles. The molecule has 0 spiro atoms. The van der Waals surface area contributed by atoms with E-state index < -0.39 is 0 Å². The molecule has 0 bridgehead atoms. The quantitative estimate of drug-likeness (QED) is 0.364. The second-order valence-corrected chi connectivity index (χ2v) is 7.37. The van der Waals surface area contributed by atoms with Gasteiger partial charge in [-0.15, -0.1) is 0 Å². The van der Waals surface area contributed by atoms with Crippen molar-refractivity contribution in [3.63, 3.8) is 0 Å². The summed E-state index contributed by atoms with van der Waals surface area (Å²) in [5.74, 6) is 0. The topological polar surface area (TPSA) is 51.6 Å². The first-order chi connectivity index (χ1) is 14.8. The Morgan fingerprint density at radius 3 is 2.10 bits per heavy atom. The molecule has 0 fully saturated rings. The van der Waals surface area contributed by atoms with Crippen LogP contribution in [0.4, 0.5) is 0 Å². The van der Waals surface area contributed by atoms with Crippen LogP contribution in [0.5, 0.6) is 0 Å². The number of benzene rings is 3. The second kappa shape index (κ2) is 6.71. The van der Waals surface area contributed by atoms with Crippen LogP contribution in [0, 0.1) is 0 Å². The van der Waals surface area contributed by atoms with E-state index in [1.54, 1.807) is 6.20 Å². The van der Waals surface area contributed by atoms with Gasteiger partial charge in [-0.05, 0) is 70.6 Å². The summed E-state index contributed by atoms with van der Waals surface area (Å²) in [5, 5.41) is 12.6. The maximum Gasteiger partial charge on any atom is 0.0930 e. The van der Waals surface area contributed by atoms with Crippen LogP contribution in [-0.2, 0) is 0 Å². The van der Waals surface area contributed by atoms with Crippen molar-refractivity contribution in [1.82, 2.24) is 20.2 Å². The first-order valence-electron chi connectivity index (χ1n) is 9.79. The van der Waals surface area contributed by atoms with Crippen LogP contribution in [0.3, 0.4) is 0 Å². The Morgan fingerprint density at radius 1 is 0.467 bits per heavy atom. The van der Waals surface area contributed by atoms with E-state index in [2.05, 4.69) is 69.8 Å². The van der Waals surface area contributed by atoms with E-state index in [1.807, 2.05) is 36.8 Å². The molecular formula is C26H16N4. The fourth-order valence-electron chi connectivity index (χ4n) is 3.90. The van der Waals surface area contributed by atoms with Crippen molar-refractivity contribution in [2.24, 2.45) is 0 Å². The maximum atomic E-state index is 4.69. The lowest BCUT2D eigenvalue weighted by Crippen LogP contribution is -1.86. The number of rotatable bonds is 2. The molecule has 0 N–H and O–H groups in total. The van der Waals surface area contributed by atoms with Gasteiger partial charge in [-0.2, -0.15) is 10.2 Å². The first kappa shape index (κ1) is 16.7. The molecule has 3 aromatic carbocycles. The third-order valence-corrected chi connectivity index (χ3v) is 5.50. The van der Waals surface area contributed by atoms with Gasteiger partial charge >= 0.3 is 0 Å². The van der Waals surface area contributed by atoms with Crippen LogP contribution in [0.15, 0.2) is 97.6 Å². The highest BCUT2D eigenvalue weighted by Gasteiger charge is 2.06. The number of hydrogen-bond donors (Lipinski definition) is 0. The fourth-order valence-corrected chi connectivity index (χ4v) is 3.90. The van der Waals surface area contributed by atoms with Crippen molar-refractivity contribution < 1.29 is 0 Å². The molecule has 0 aliphatic carbocycles. The number of fused-ring (bicyclic) bond motifs is 3. The molecule has 0 saturated carbocycles. The predicted molar refractivity (Wildman–Crippen MR) is 121 cm³/mol. The molecule has 4 heteroatoms. The Bertz CT molecular complexity index is 1440. The second-order valence-electron chi connectivity index (χ2n) is 7.37. The molecule has 0 amide bonds. The molecule has 0 radical (unpaired) electrons. The summed E-state index contributed by atoms with van der Waals surface area (Å²) in [5.41, 5.74) is 6.45. The highest BCUT2D eigenvalue weighted by Crippen LogP contribution is 2.29. The van der Waals surface area contributed by atoms with Gasteiger partial charge in [0.15, 0.2) is 0 Å².